The predicted molar refractivity (Wildman–Crippen MR) is 89.1 cm³/mol. The van der Waals surface area contributed by atoms with Crippen molar-refractivity contribution < 1.29 is 0 Å². The predicted octanol–water partition coefficient (Wildman–Crippen LogP) is 5.05. The van der Waals surface area contributed by atoms with Crippen LogP contribution in [-0.2, 0) is 0 Å². The van der Waals surface area contributed by atoms with E-state index in [9.17, 15) is 0 Å². The molecule has 1 nitrogen and oxygen atoms in total. The van der Waals surface area contributed by atoms with Crippen LogP contribution in [0.2, 0.25) is 0 Å². The third-order valence-corrected chi connectivity index (χ3v) is 5.65. The normalized spacial score (nSPS) is 26.3. The summed E-state index contributed by atoms with van der Waals surface area (Å²) >= 11 is 0. The van der Waals surface area contributed by atoms with Gasteiger partial charge < -0.3 is 4.90 Å². The average molecular weight is 277 g/mol. The van der Waals surface area contributed by atoms with Crippen molar-refractivity contribution in [3.63, 3.8) is 0 Å². The van der Waals surface area contributed by atoms with Gasteiger partial charge >= 0.3 is 0 Å². The molecular weight excluding hydrogens is 254 g/mol. The molecule has 3 atom stereocenters. The fourth-order valence-electron chi connectivity index (χ4n) is 4.52. The lowest BCUT2D eigenvalue weighted by molar-refractivity contribution is 0.613. The van der Waals surface area contributed by atoms with E-state index in [2.05, 4.69) is 69.0 Å². The third kappa shape index (κ3) is 1.70. The molecule has 1 fully saturated rings. The summed E-state index contributed by atoms with van der Waals surface area (Å²) in [6.07, 6.45) is 1.28. The smallest absolute Gasteiger partial charge is 0.0555 e. The lowest BCUT2D eigenvalue weighted by Gasteiger charge is -2.38. The van der Waals surface area contributed by atoms with Crippen molar-refractivity contribution in [3.8, 4) is 0 Å². The largest absolute Gasteiger partial charge is 0.361 e. The monoisotopic (exact) mass is 277 g/mol. The zero-order valence-corrected chi connectivity index (χ0v) is 13.4. The SMILES string of the molecule is Cc1cc(C)c(C)c(N2C3CC(c4ccccc43)[C@@H]2C)c1. The molecule has 0 amide bonds. The van der Waals surface area contributed by atoms with Crippen molar-refractivity contribution in [2.45, 2.75) is 52.1 Å². The van der Waals surface area contributed by atoms with E-state index in [0.717, 1.165) is 0 Å². The molecule has 108 valence electrons. The van der Waals surface area contributed by atoms with Gasteiger partial charge in [0.25, 0.3) is 0 Å². The first-order valence-corrected chi connectivity index (χ1v) is 8.03. The van der Waals surface area contributed by atoms with Crippen molar-refractivity contribution >= 4 is 5.69 Å². The van der Waals surface area contributed by atoms with E-state index in [1.54, 1.807) is 11.1 Å². The van der Waals surface area contributed by atoms with Gasteiger partial charge in [0.2, 0.25) is 0 Å². The van der Waals surface area contributed by atoms with Gasteiger partial charge in [0.05, 0.1) is 6.04 Å². The van der Waals surface area contributed by atoms with Gasteiger partial charge in [-0.25, -0.2) is 0 Å². The molecule has 0 N–H and O–H groups in total. The molecule has 21 heavy (non-hydrogen) atoms. The number of aryl methyl sites for hydroxylation is 2. The van der Waals surface area contributed by atoms with Crippen LogP contribution in [0.4, 0.5) is 5.69 Å². The number of hydrogen-bond acceptors (Lipinski definition) is 1. The first-order chi connectivity index (χ1) is 10.1. The average Bonchev–Trinajstić information content (AvgIpc) is 2.99. The summed E-state index contributed by atoms with van der Waals surface area (Å²) in [6, 6.07) is 14.9. The summed E-state index contributed by atoms with van der Waals surface area (Å²) in [6.45, 7) is 9.12. The van der Waals surface area contributed by atoms with Gasteiger partial charge in [-0.05, 0) is 68.0 Å². The summed E-state index contributed by atoms with van der Waals surface area (Å²) < 4.78 is 0. The number of benzene rings is 2. The van der Waals surface area contributed by atoms with Gasteiger partial charge in [0.1, 0.15) is 0 Å². The minimum absolute atomic E-state index is 0.570. The highest BCUT2D eigenvalue weighted by molar-refractivity contribution is 5.64. The maximum absolute atomic E-state index is 2.68. The Morgan fingerprint density at radius 3 is 2.48 bits per heavy atom. The number of anilines is 1. The number of fused-ring (bicyclic) bond motifs is 5. The molecule has 1 saturated heterocycles. The molecule has 1 aliphatic heterocycles. The van der Waals surface area contributed by atoms with Crippen molar-refractivity contribution in [1.29, 1.82) is 0 Å². The summed E-state index contributed by atoms with van der Waals surface area (Å²) in [7, 11) is 0. The molecule has 1 aliphatic carbocycles. The van der Waals surface area contributed by atoms with Gasteiger partial charge in [-0.3, -0.25) is 0 Å². The lowest BCUT2D eigenvalue weighted by atomic mass is 9.92. The third-order valence-electron chi connectivity index (χ3n) is 5.65. The van der Waals surface area contributed by atoms with E-state index in [1.165, 1.54) is 28.8 Å². The molecule has 2 unspecified atom stereocenters. The van der Waals surface area contributed by atoms with Crippen LogP contribution in [0.3, 0.4) is 0 Å². The second-order valence-corrected chi connectivity index (χ2v) is 6.86. The van der Waals surface area contributed by atoms with Crippen LogP contribution in [-0.4, -0.2) is 6.04 Å². The lowest BCUT2D eigenvalue weighted by Crippen LogP contribution is -2.35. The minimum Gasteiger partial charge on any atom is -0.361 e. The molecule has 1 heterocycles. The Labute approximate surface area is 127 Å². The van der Waals surface area contributed by atoms with E-state index in [1.807, 2.05) is 0 Å². The standard InChI is InChI=1S/C20H23N/c1-12-9-13(2)14(3)19(10-12)21-15(4)18-11-20(21)17-8-6-5-7-16(17)18/h5-10,15,18,20H,11H2,1-4H3/t15-,18?,20?/m0/s1. The molecule has 1 heteroatoms. The highest BCUT2D eigenvalue weighted by atomic mass is 15.2. The summed E-state index contributed by atoms with van der Waals surface area (Å²) in [4.78, 5) is 2.68. The molecule has 2 aromatic carbocycles. The molecule has 2 aromatic rings. The number of rotatable bonds is 1. The molecule has 2 aliphatic rings. The Hall–Kier alpha value is -1.76. The maximum atomic E-state index is 2.68. The Balaban J connectivity index is 1.86. The highest BCUT2D eigenvalue weighted by Gasteiger charge is 2.47. The van der Waals surface area contributed by atoms with Crippen molar-refractivity contribution in [2.24, 2.45) is 0 Å². The zero-order valence-electron chi connectivity index (χ0n) is 13.4. The van der Waals surface area contributed by atoms with Gasteiger partial charge in [-0.1, -0.05) is 30.3 Å². The Bertz CT molecular complexity index is 716. The van der Waals surface area contributed by atoms with Crippen LogP contribution in [0.5, 0.6) is 0 Å². The van der Waals surface area contributed by atoms with Gasteiger partial charge in [0, 0.05) is 17.6 Å². The fourth-order valence-corrected chi connectivity index (χ4v) is 4.52. The van der Waals surface area contributed by atoms with E-state index >= 15 is 0 Å². The summed E-state index contributed by atoms with van der Waals surface area (Å²) in [5.41, 5.74) is 8.82. The molecular formula is C20H23N. The van der Waals surface area contributed by atoms with Gasteiger partial charge in [-0.2, -0.15) is 0 Å². The molecule has 2 bridgehead atoms. The number of hydrogen-bond donors (Lipinski definition) is 0. The number of nitrogens with zero attached hydrogens (tertiary/aromatic N) is 1. The Morgan fingerprint density at radius 1 is 1.00 bits per heavy atom. The van der Waals surface area contributed by atoms with Gasteiger partial charge in [0.15, 0.2) is 0 Å². The van der Waals surface area contributed by atoms with Crippen LogP contribution < -0.4 is 4.90 Å². The molecule has 0 radical (unpaired) electrons. The Morgan fingerprint density at radius 2 is 1.71 bits per heavy atom. The second kappa shape index (κ2) is 4.37. The summed E-state index contributed by atoms with van der Waals surface area (Å²) in [5.74, 6) is 0.700. The van der Waals surface area contributed by atoms with E-state index in [4.69, 9.17) is 0 Å². The van der Waals surface area contributed by atoms with Crippen LogP contribution in [0.25, 0.3) is 0 Å². The first kappa shape index (κ1) is 12.9. The van der Waals surface area contributed by atoms with Crippen LogP contribution in [0.15, 0.2) is 36.4 Å². The molecule has 4 rings (SSSR count). The minimum atomic E-state index is 0.570. The second-order valence-electron chi connectivity index (χ2n) is 6.86. The molecule has 0 aromatic heterocycles. The Kier molecular flexibility index (Phi) is 2.69. The fraction of sp³-hybridized carbons (Fsp3) is 0.400. The highest BCUT2D eigenvalue weighted by Crippen LogP contribution is 2.55. The van der Waals surface area contributed by atoms with Crippen molar-refractivity contribution in [2.75, 3.05) is 4.90 Å². The van der Waals surface area contributed by atoms with E-state index in [-0.39, 0.29) is 0 Å². The van der Waals surface area contributed by atoms with E-state index < -0.39 is 0 Å². The van der Waals surface area contributed by atoms with Crippen LogP contribution in [0.1, 0.15) is 53.1 Å². The summed E-state index contributed by atoms with van der Waals surface area (Å²) in [5, 5.41) is 0. The van der Waals surface area contributed by atoms with Crippen molar-refractivity contribution in [1.82, 2.24) is 0 Å². The van der Waals surface area contributed by atoms with E-state index in [0.29, 0.717) is 18.0 Å². The van der Waals surface area contributed by atoms with Crippen molar-refractivity contribution in [3.05, 3.63) is 64.2 Å². The first-order valence-electron chi connectivity index (χ1n) is 8.03. The molecule has 0 saturated carbocycles. The quantitative estimate of drug-likeness (QED) is 0.705. The maximum Gasteiger partial charge on any atom is 0.0555 e. The van der Waals surface area contributed by atoms with Crippen LogP contribution in [0, 0.1) is 20.8 Å². The topological polar surface area (TPSA) is 3.24 Å². The van der Waals surface area contributed by atoms with Crippen LogP contribution >= 0.6 is 0 Å². The zero-order chi connectivity index (χ0) is 14.7. The molecule has 0 spiro atoms. The van der Waals surface area contributed by atoms with Gasteiger partial charge in [-0.15, -0.1) is 0 Å².